The second-order valence-electron chi connectivity index (χ2n) is 6.89. The van der Waals surface area contributed by atoms with Gasteiger partial charge in [0.25, 0.3) is 0 Å². The Morgan fingerprint density at radius 1 is 1.16 bits per heavy atom. The standard InChI is InChI=1S/C15H29N3O/c1-15(17,14(16)19)8-2-3-9-18(10-12-4-5-12)11-13-6-7-13/h12-13H,2-11,17H2,1H3,(H2,16,19). The van der Waals surface area contributed by atoms with Crippen LogP contribution in [0.2, 0.25) is 0 Å². The number of hydrogen-bond donors (Lipinski definition) is 2. The fraction of sp³-hybridized carbons (Fsp3) is 0.933. The average Bonchev–Trinajstić information content (AvgIpc) is 3.19. The average molecular weight is 267 g/mol. The van der Waals surface area contributed by atoms with Crippen LogP contribution in [0.5, 0.6) is 0 Å². The van der Waals surface area contributed by atoms with Crippen molar-refractivity contribution in [2.24, 2.45) is 23.3 Å². The van der Waals surface area contributed by atoms with Gasteiger partial charge >= 0.3 is 0 Å². The molecule has 19 heavy (non-hydrogen) atoms. The predicted molar refractivity (Wildman–Crippen MR) is 77.5 cm³/mol. The Morgan fingerprint density at radius 3 is 2.11 bits per heavy atom. The topological polar surface area (TPSA) is 72.3 Å². The van der Waals surface area contributed by atoms with E-state index in [0.717, 1.165) is 31.2 Å². The molecule has 0 aromatic rings. The molecule has 1 unspecified atom stereocenters. The van der Waals surface area contributed by atoms with Gasteiger partial charge in [-0.2, -0.15) is 0 Å². The van der Waals surface area contributed by atoms with Crippen LogP contribution in [0.25, 0.3) is 0 Å². The molecule has 110 valence electrons. The Balaban J connectivity index is 1.62. The summed E-state index contributed by atoms with van der Waals surface area (Å²) < 4.78 is 0. The van der Waals surface area contributed by atoms with Gasteiger partial charge in [-0.3, -0.25) is 4.79 Å². The van der Waals surface area contributed by atoms with Crippen LogP contribution in [-0.4, -0.2) is 36.0 Å². The smallest absolute Gasteiger partial charge is 0.237 e. The highest BCUT2D eigenvalue weighted by molar-refractivity contribution is 5.83. The summed E-state index contributed by atoms with van der Waals surface area (Å²) in [4.78, 5) is 13.8. The lowest BCUT2D eigenvalue weighted by molar-refractivity contribution is -0.122. The van der Waals surface area contributed by atoms with Crippen molar-refractivity contribution in [3.8, 4) is 0 Å². The second-order valence-corrected chi connectivity index (χ2v) is 6.89. The number of amides is 1. The fourth-order valence-corrected chi connectivity index (χ4v) is 2.54. The molecule has 1 atom stereocenters. The van der Waals surface area contributed by atoms with Crippen molar-refractivity contribution in [2.45, 2.75) is 57.4 Å². The molecule has 4 N–H and O–H groups in total. The summed E-state index contributed by atoms with van der Waals surface area (Å²) in [6, 6.07) is 0. The van der Waals surface area contributed by atoms with Crippen molar-refractivity contribution >= 4 is 5.91 Å². The van der Waals surface area contributed by atoms with Crippen LogP contribution < -0.4 is 11.5 Å². The van der Waals surface area contributed by atoms with Crippen LogP contribution in [0, 0.1) is 11.8 Å². The zero-order valence-electron chi connectivity index (χ0n) is 12.2. The van der Waals surface area contributed by atoms with Crippen LogP contribution in [0.1, 0.15) is 51.9 Å². The minimum Gasteiger partial charge on any atom is -0.368 e. The van der Waals surface area contributed by atoms with Crippen LogP contribution in [0.3, 0.4) is 0 Å². The van der Waals surface area contributed by atoms with Gasteiger partial charge in [-0.1, -0.05) is 0 Å². The van der Waals surface area contributed by atoms with Gasteiger partial charge in [0.15, 0.2) is 0 Å². The third-order valence-corrected chi connectivity index (χ3v) is 4.41. The maximum absolute atomic E-state index is 11.1. The molecular weight excluding hydrogens is 238 g/mol. The van der Waals surface area contributed by atoms with Crippen LogP contribution in [-0.2, 0) is 4.79 Å². The molecule has 2 aliphatic carbocycles. The molecule has 0 spiro atoms. The van der Waals surface area contributed by atoms with Crippen LogP contribution in [0.15, 0.2) is 0 Å². The summed E-state index contributed by atoms with van der Waals surface area (Å²) in [5.41, 5.74) is 10.3. The SMILES string of the molecule is CC(N)(CCCCN(CC1CC1)CC1CC1)C(N)=O. The molecule has 0 aromatic heterocycles. The second kappa shape index (κ2) is 6.23. The number of nitrogens with two attached hydrogens (primary N) is 2. The first-order valence-electron chi connectivity index (χ1n) is 7.78. The van der Waals surface area contributed by atoms with E-state index in [-0.39, 0.29) is 5.91 Å². The first-order valence-corrected chi connectivity index (χ1v) is 7.78. The summed E-state index contributed by atoms with van der Waals surface area (Å²) in [7, 11) is 0. The van der Waals surface area contributed by atoms with Crippen molar-refractivity contribution in [3.63, 3.8) is 0 Å². The number of carbonyl (C=O) groups is 1. The number of hydrogen-bond acceptors (Lipinski definition) is 3. The van der Waals surface area contributed by atoms with E-state index in [4.69, 9.17) is 11.5 Å². The minimum atomic E-state index is -0.836. The van der Waals surface area contributed by atoms with Crippen LogP contribution in [0.4, 0.5) is 0 Å². The summed E-state index contributed by atoms with van der Waals surface area (Å²) in [6.07, 6.45) is 8.49. The van der Waals surface area contributed by atoms with Gasteiger partial charge in [-0.15, -0.1) is 0 Å². The first-order chi connectivity index (χ1) is 8.97. The first kappa shape index (κ1) is 14.8. The number of rotatable bonds is 10. The van der Waals surface area contributed by atoms with Crippen molar-refractivity contribution < 1.29 is 4.79 Å². The van der Waals surface area contributed by atoms with E-state index in [2.05, 4.69) is 4.90 Å². The normalized spacial score (nSPS) is 22.5. The van der Waals surface area contributed by atoms with E-state index in [1.807, 2.05) is 0 Å². The van der Waals surface area contributed by atoms with Gasteiger partial charge in [-0.05, 0) is 70.3 Å². The maximum Gasteiger partial charge on any atom is 0.237 e. The Kier molecular flexibility index (Phi) is 4.85. The number of primary amides is 1. The van der Waals surface area contributed by atoms with E-state index in [1.165, 1.54) is 38.8 Å². The maximum atomic E-state index is 11.1. The van der Waals surface area contributed by atoms with Gasteiger partial charge in [0.2, 0.25) is 5.91 Å². The van der Waals surface area contributed by atoms with E-state index < -0.39 is 5.54 Å². The molecule has 0 saturated heterocycles. The summed E-state index contributed by atoms with van der Waals surface area (Å²) in [5.74, 6) is 1.54. The zero-order valence-corrected chi connectivity index (χ0v) is 12.2. The number of unbranched alkanes of at least 4 members (excludes halogenated alkanes) is 1. The van der Waals surface area contributed by atoms with Crippen molar-refractivity contribution in [1.29, 1.82) is 0 Å². The highest BCUT2D eigenvalue weighted by Gasteiger charge is 2.29. The Labute approximate surface area is 116 Å². The van der Waals surface area contributed by atoms with Crippen molar-refractivity contribution in [1.82, 2.24) is 4.90 Å². The fourth-order valence-electron chi connectivity index (χ4n) is 2.54. The van der Waals surface area contributed by atoms with E-state index >= 15 is 0 Å². The number of carbonyl (C=O) groups excluding carboxylic acids is 1. The molecule has 4 nitrogen and oxygen atoms in total. The minimum absolute atomic E-state index is 0.389. The third kappa shape index (κ3) is 5.49. The van der Waals surface area contributed by atoms with Gasteiger partial charge < -0.3 is 16.4 Å². The zero-order chi connectivity index (χ0) is 13.9. The quantitative estimate of drug-likeness (QED) is 0.589. The highest BCUT2D eigenvalue weighted by atomic mass is 16.1. The molecule has 0 radical (unpaired) electrons. The molecule has 2 rings (SSSR count). The molecule has 1 amide bonds. The Morgan fingerprint density at radius 2 is 1.68 bits per heavy atom. The monoisotopic (exact) mass is 267 g/mol. The molecule has 0 heterocycles. The van der Waals surface area contributed by atoms with E-state index in [9.17, 15) is 4.79 Å². The molecule has 2 saturated carbocycles. The molecule has 2 aliphatic rings. The summed E-state index contributed by atoms with van der Waals surface area (Å²) >= 11 is 0. The van der Waals surface area contributed by atoms with E-state index in [0.29, 0.717) is 6.42 Å². The lowest BCUT2D eigenvalue weighted by Crippen LogP contribution is -2.49. The number of nitrogens with zero attached hydrogens (tertiary/aromatic N) is 1. The summed E-state index contributed by atoms with van der Waals surface area (Å²) in [5, 5.41) is 0. The van der Waals surface area contributed by atoms with E-state index in [1.54, 1.807) is 6.92 Å². The Hall–Kier alpha value is -0.610. The Bertz CT molecular complexity index is 295. The molecule has 0 aliphatic heterocycles. The van der Waals surface area contributed by atoms with Crippen molar-refractivity contribution in [2.75, 3.05) is 19.6 Å². The molecule has 0 aromatic carbocycles. The van der Waals surface area contributed by atoms with Gasteiger partial charge in [0.05, 0.1) is 5.54 Å². The van der Waals surface area contributed by atoms with Gasteiger partial charge in [0, 0.05) is 13.1 Å². The lowest BCUT2D eigenvalue weighted by atomic mass is 9.95. The summed E-state index contributed by atoms with van der Waals surface area (Å²) in [6.45, 7) is 5.46. The third-order valence-electron chi connectivity index (χ3n) is 4.41. The lowest BCUT2D eigenvalue weighted by Gasteiger charge is -2.24. The van der Waals surface area contributed by atoms with Gasteiger partial charge in [0.1, 0.15) is 0 Å². The molecule has 0 bridgehead atoms. The highest BCUT2D eigenvalue weighted by Crippen LogP contribution is 2.33. The van der Waals surface area contributed by atoms with Crippen LogP contribution >= 0.6 is 0 Å². The predicted octanol–water partition coefficient (Wildman–Crippen LogP) is 1.48. The van der Waals surface area contributed by atoms with Gasteiger partial charge in [-0.25, -0.2) is 0 Å². The van der Waals surface area contributed by atoms with Crippen molar-refractivity contribution in [3.05, 3.63) is 0 Å². The molecular formula is C15H29N3O. The largest absolute Gasteiger partial charge is 0.368 e. The molecule has 4 heteroatoms. The molecule has 2 fully saturated rings.